The van der Waals surface area contributed by atoms with Gasteiger partial charge in [0.25, 0.3) is 0 Å². The zero-order valence-electron chi connectivity index (χ0n) is 8.97. The average Bonchev–Trinajstić information content (AvgIpc) is 2.80. The minimum absolute atomic E-state index is 0.339. The summed E-state index contributed by atoms with van der Waals surface area (Å²) in [6.45, 7) is 3.40. The number of pyridine rings is 1. The van der Waals surface area contributed by atoms with E-state index in [-0.39, 0.29) is 6.10 Å². The van der Waals surface area contributed by atoms with Gasteiger partial charge in [-0.1, -0.05) is 0 Å². The molecule has 3 nitrogen and oxygen atoms in total. The summed E-state index contributed by atoms with van der Waals surface area (Å²) in [5.41, 5.74) is 0.976. The van der Waals surface area contributed by atoms with Crippen LogP contribution in [0, 0.1) is 0 Å². The molecule has 2 rings (SSSR count). The average molecular weight is 206 g/mol. The van der Waals surface area contributed by atoms with Crippen molar-refractivity contribution in [3.05, 3.63) is 30.1 Å². The lowest BCUT2D eigenvalue weighted by Crippen LogP contribution is -2.22. The summed E-state index contributed by atoms with van der Waals surface area (Å²) in [4.78, 5) is 6.36. The van der Waals surface area contributed by atoms with Gasteiger partial charge in [-0.15, -0.1) is 0 Å². The molecule has 0 radical (unpaired) electrons. The summed E-state index contributed by atoms with van der Waals surface area (Å²) < 4.78 is 0. The van der Waals surface area contributed by atoms with Gasteiger partial charge in [0.15, 0.2) is 0 Å². The predicted octanol–water partition coefficient (Wildman–Crippen LogP) is 1.60. The first kappa shape index (κ1) is 10.6. The van der Waals surface area contributed by atoms with E-state index in [1.165, 1.54) is 25.9 Å². The number of likely N-dealkylation sites (tertiary alicyclic amines) is 1. The van der Waals surface area contributed by atoms with Crippen molar-refractivity contribution >= 4 is 0 Å². The van der Waals surface area contributed by atoms with Gasteiger partial charge < -0.3 is 10.0 Å². The predicted molar refractivity (Wildman–Crippen MR) is 59.5 cm³/mol. The van der Waals surface area contributed by atoms with Crippen molar-refractivity contribution in [2.75, 3.05) is 19.6 Å². The van der Waals surface area contributed by atoms with Crippen LogP contribution in [0.5, 0.6) is 0 Å². The number of aliphatic hydroxyl groups is 1. The molecule has 0 aromatic carbocycles. The standard InChI is InChI=1S/C12H18N2O/c15-12(11-3-6-13-7-4-11)5-10-14-8-1-2-9-14/h3-4,6-7,12,15H,1-2,5,8-10H2/t12-/m1/s1. The second-order valence-electron chi connectivity index (χ2n) is 4.13. The van der Waals surface area contributed by atoms with Crippen LogP contribution in [0.3, 0.4) is 0 Å². The topological polar surface area (TPSA) is 36.4 Å². The van der Waals surface area contributed by atoms with Gasteiger partial charge in [0.2, 0.25) is 0 Å². The van der Waals surface area contributed by atoms with E-state index in [9.17, 15) is 5.11 Å². The van der Waals surface area contributed by atoms with Crippen LogP contribution in [0.25, 0.3) is 0 Å². The van der Waals surface area contributed by atoms with Crippen LogP contribution >= 0.6 is 0 Å². The Kier molecular flexibility index (Phi) is 3.69. The molecule has 0 unspecified atom stereocenters. The summed E-state index contributed by atoms with van der Waals surface area (Å²) in [5.74, 6) is 0. The Morgan fingerprint density at radius 2 is 1.93 bits per heavy atom. The number of aliphatic hydroxyl groups excluding tert-OH is 1. The Bertz CT molecular complexity index is 283. The van der Waals surface area contributed by atoms with Crippen molar-refractivity contribution in [3.63, 3.8) is 0 Å². The van der Waals surface area contributed by atoms with E-state index >= 15 is 0 Å². The Hall–Kier alpha value is -0.930. The molecule has 1 saturated heterocycles. The molecule has 15 heavy (non-hydrogen) atoms. The first-order chi connectivity index (χ1) is 7.36. The second-order valence-corrected chi connectivity index (χ2v) is 4.13. The molecule has 1 aliphatic heterocycles. The Labute approximate surface area is 90.8 Å². The lowest BCUT2D eigenvalue weighted by atomic mass is 10.1. The molecule has 1 aromatic heterocycles. The maximum Gasteiger partial charge on any atom is 0.0803 e. The van der Waals surface area contributed by atoms with Crippen LogP contribution < -0.4 is 0 Å². The van der Waals surface area contributed by atoms with Crippen molar-refractivity contribution in [2.45, 2.75) is 25.4 Å². The van der Waals surface area contributed by atoms with Crippen LogP contribution in [0.15, 0.2) is 24.5 Å². The Morgan fingerprint density at radius 3 is 2.60 bits per heavy atom. The molecule has 2 heterocycles. The number of rotatable bonds is 4. The molecular formula is C12H18N2O. The van der Waals surface area contributed by atoms with E-state index in [1.807, 2.05) is 12.1 Å². The summed E-state index contributed by atoms with van der Waals surface area (Å²) in [6, 6.07) is 3.77. The summed E-state index contributed by atoms with van der Waals surface area (Å²) >= 11 is 0. The minimum atomic E-state index is -0.339. The van der Waals surface area contributed by atoms with E-state index < -0.39 is 0 Å². The van der Waals surface area contributed by atoms with E-state index in [4.69, 9.17) is 0 Å². The van der Waals surface area contributed by atoms with Gasteiger partial charge >= 0.3 is 0 Å². The molecule has 82 valence electrons. The molecule has 1 fully saturated rings. The molecule has 1 N–H and O–H groups in total. The van der Waals surface area contributed by atoms with Crippen molar-refractivity contribution in [1.82, 2.24) is 9.88 Å². The van der Waals surface area contributed by atoms with Crippen LogP contribution in [0.4, 0.5) is 0 Å². The van der Waals surface area contributed by atoms with E-state index in [0.717, 1.165) is 18.5 Å². The lowest BCUT2D eigenvalue weighted by Gasteiger charge is -2.17. The first-order valence-corrected chi connectivity index (χ1v) is 5.66. The summed E-state index contributed by atoms with van der Waals surface area (Å²) in [5, 5.41) is 9.93. The molecule has 1 aliphatic rings. The van der Waals surface area contributed by atoms with E-state index in [0.29, 0.717) is 0 Å². The quantitative estimate of drug-likeness (QED) is 0.813. The van der Waals surface area contributed by atoms with E-state index in [2.05, 4.69) is 9.88 Å². The van der Waals surface area contributed by atoms with E-state index in [1.54, 1.807) is 12.4 Å². The number of aromatic nitrogens is 1. The zero-order valence-corrected chi connectivity index (χ0v) is 8.97. The third-order valence-electron chi connectivity index (χ3n) is 3.01. The lowest BCUT2D eigenvalue weighted by molar-refractivity contribution is 0.149. The molecule has 0 aliphatic carbocycles. The fourth-order valence-corrected chi connectivity index (χ4v) is 2.06. The third kappa shape index (κ3) is 3.01. The molecule has 0 amide bonds. The van der Waals surface area contributed by atoms with Gasteiger partial charge in [-0.2, -0.15) is 0 Å². The van der Waals surface area contributed by atoms with Gasteiger partial charge in [0.1, 0.15) is 0 Å². The van der Waals surface area contributed by atoms with Crippen LogP contribution in [-0.2, 0) is 0 Å². The smallest absolute Gasteiger partial charge is 0.0803 e. The van der Waals surface area contributed by atoms with Gasteiger partial charge in [0, 0.05) is 18.9 Å². The maximum absolute atomic E-state index is 9.93. The highest BCUT2D eigenvalue weighted by Crippen LogP contribution is 2.17. The molecule has 0 bridgehead atoms. The van der Waals surface area contributed by atoms with Crippen molar-refractivity contribution in [3.8, 4) is 0 Å². The van der Waals surface area contributed by atoms with Crippen LogP contribution in [-0.4, -0.2) is 34.6 Å². The van der Waals surface area contributed by atoms with Gasteiger partial charge in [0.05, 0.1) is 6.10 Å². The molecule has 1 atom stereocenters. The maximum atomic E-state index is 9.93. The molecule has 0 spiro atoms. The second kappa shape index (κ2) is 5.24. The van der Waals surface area contributed by atoms with Crippen LogP contribution in [0.1, 0.15) is 30.9 Å². The molecule has 3 heteroatoms. The van der Waals surface area contributed by atoms with Gasteiger partial charge in [-0.05, 0) is 50.0 Å². The molecule has 1 aromatic rings. The number of hydrogen-bond donors (Lipinski definition) is 1. The normalized spacial score (nSPS) is 19.3. The van der Waals surface area contributed by atoms with Crippen molar-refractivity contribution in [2.24, 2.45) is 0 Å². The van der Waals surface area contributed by atoms with Gasteiger partial charge in [-0.25, -0.2) is 0 Å². The third-order valence-corrected chi connectivity index (χ3v) is 3.01. The monoisotopic (exact) mass is 206 g/mol. The fourth-order valence-electron chi connectivity index (χ4n) is 2.06. The zero-order chi connectivity index (χ0) is 10.5. The highest BCUT2D eigenvalue weighted by Gasteiger charge is 2.13. The van der Waals surface area contributed by atoms with Crippen LogP contribution in [0.2, 0.25) is 0 Å². The summed E-state index contributed by atoms with van der Waals surface area (Å²) in [6.07, 6.45) is 6.57. The van der Waals surface area contributed by atoms with Crippen molar-refractivity contribution in [1.29, 1.82) is 0 Å². The Balaban J connectivity index is 1.79. The number of hydrogen-bond acceptors (Lipinski definition) is 3. The fraction of sp³-hybridized carbons (Fsp3) is 0.583. The summed E-state index contributed by atoms with van der Waals surface area (Å²) in [7, 11) is 0. The van der Waals surface area contributed by atoms with Crippen molar-refractivity contribution < 1.29 is 5.11 Å². The highest BCUT2D eigenvalue weighted by atomic mass is 16.3. The Morgan fingerprint density at radius 1 is 1.27 bits per heavy atom. The first-order valence-electron chi connectivity index (χ1n) is 5.66. The SMILES string of the molecule is O[C@H](CCN1CCCC1)c1ccncc1. The number of nitrogens with zero attached hydrogens (tertiary/aromatic N) is 2. The molecule has 0 saturated carbocycles. The molecular weight excluding hydrogens is 188 g/mol. The van der Waals surface area contributed by atoms with Gasteiger partial charge in [-0.3, -0.25) is 4.98 Å². The minimum Gasteiger partial charge on any atom is -0.388 e. The highest BCUT2D eigenvalue weighted by molar-refractivity contribution is 5.12. The largest absolute Gasteiger partial charge is 0.388 e.